The van der Waals surface area contributed by atoms with Gasteiger partial charge in [-0.15, -0.1) is 11.8 Å². The van der Waals surface area contributed by atoms with E-state index < -0.39 is 0 Å². The second-order valence-electron chi connectivity index (χ2n) is 8.00. The Hall–Kier alpha value is -2.05. The Morgan fingerprint density at radius 3 is 2.55 bits per heavy atom. The maximum atomic E-state index is 13.1. The van der Waals surface area contributed by atoms with Crippen LogP contribution in [-0.2, 0) is 4.79 Å². The monoisotopic (exact) mass is 413 g/mol. The molecule has 2 aliphatic heterocycles. The highest BCUT2D eigenvalue weighted by Crippen LogP contribution is 2.39. The Balaban J connectivity index is 1.25. The summed E-state index contributed by atoms with van der Waals surface area (Å²) in [6.07, 6.45) is 1.91. The predicted octanol–water partition coefficient (Wildman–Crippen LogP) is 4.46. The van der Waals surface area contributed by atoms with Crippen LogP contribution in [0.1, 0.15) is 24.0 Å². The molecule has 1 N–H and O–H groups in total. The van der Waals surface area contributed by atoms with Gasteiger partial charge in [-0.1, -0.05) is 6.07 Å². The first kappa shape index (κ1) is 20.2. The first-order valence-corrected chi connectivity index (χ1v) is 11.2. The van der Waals surface area contributed by atoms with Crippen molar-refractivity contribution in [2.24, 2.45) is 0 Å². The summed E-state index contributed by atoms with van der Waals surface area (Å²) >= 11 is 1.71. The molecule has 2 aromatic rings. The third-order valence-electron chi connectivity index (χ3n) is 5.76. The highest BCUT2D eigenvalue weighted by atomic mass is 32.2. The van der Waals surface area contributed by atoms with Crippen LogP contribution in [0.3, 0.4) is 0 Å². The minimum atomic E-state index is -0.190. The van der Waals surface area contributed by atoms with Gasteiger partial charge in [0.2, 0.25) is 5.91 Å². The van der Waals surface area contributed by atoms with Crippen LogP contribution in [0, 0.1) is 19.7 Å². The summed E-state index contributed by atoms with van der Waals surface area (Å²) in [5.41, 5.74) is 4.45. The van der Waals surface area contributed by atoms with Gasteiger partial charge in [-0.2, -0.15) is 0 Å². The van der Waals surface area contributed by atoms with Crippen molar-refractivity contribution in [1.29, 1.82) is 0 Å². The van der Waals surface area contributed by atoms with E-state index in [0.717, 1.165) is 62.5 Å². The summed E-state index contributed by atoms with van der Waals surface area (Å²) in [5.74, 6) is -0.0551. The van der Waals surface area contributed by atoms with E-state index in [-0.39, 0.29) is 17.0 Å². The van der Waals surface area contributed by atoms with Crippen molar-refractivity contribution in [2.75, 3.05) is 42.9 Å². The quantitative estimate of drug-likeness (QED) is 0.785. The van der Waals surface area contributed by atoms with Crippen molar-refractivity contribution in [3.8, 4) is 0 Å². The molecule has 0 saturated carbocycles. The lowest BCUT2D eigenvalue weighted by Gasteiger charge is -2.36. The van der Waals surface area contributed by atoms with Crippen molar-refractivity contribution >= 4 is 29.0 Å². The lowest BCUT2D eigenvalue weighted by molar-refractivity contribution is -0.116. The molecule has 2 aromatic carbocycles. The summed E-state index contributed by atoms with van der Waals surface area (Å²) in [6.45, 7) is 9.09. The Kier molecular flexibility index (Phi) is 6.11. The number of piperazine rings is 1. The number of thioether (sulfide) groups is 1. The average molecular weight is 414 g/mol. The molecule has 1 atom stereocenters. The van der Waals surface area contributed by atoms with E-state index in [2.05, 4.69) is 41.1 Å². The number of nitrogens with one attached hydrogen (secondary N) is 1. The lowest BCUT2D eigenvalue weighted by Crippen LogP contribution is -2.46. The molecule has 1 amide bonds. The molecule has 0 radical (unpaired) electrons. The summed E-state index contributed by atoms with van der Waals surface area (Å²) < 4.78 is 13.1. The van der Waals surface area contributed by atoms with Gasteiger partial charge in [-0.3, -0.25) is 9.69 Å². The summed E-state index contributed by atoms with van der Waals surface area (Å²) in [4.78, 5) is 18.5. The van der Waals surface area contributed by atoms with E-state index >= 15 is 0 Å². The fraction of sp³-hybridized carbons (Fsp3) is 0.435. The number of fused-ring (bicyclic) bond motifs is 1. The van der Waals surface area contributed by atoms with Gasteiger partial charge in [0.15, 0.2) is 0 Å². The largest absolute Gasteiger partial charge is 0.369 e. The zero-order valence-corrected chi connectivity index (χ0v) is 17.9. The average Bonchev–Trinajstić information content (AvgIpc) is 2.70. The molecule has 1 unspecified atom stereocenters. The van der Waals surface area contributed by atoms with Crippen molar-refractivity contribution in [3.63, 3.8) is 0 Å². The molecule has 154 valence electrons. The molecule has 1 fully saturated rings. The van der Waals surface area contributed by atoms with Crippen molar-refractivity contribution in [1.82, 2.24) is 4.90 Å². The third-order valence-corrected chi connectivity index (χ3v) is 7.07. The number of nitrogens with zero attached hydrogens (tertiary/aromatic N) is 2. The lowest BCUT2D eigenvalue weighted by atomic mass is 10.1. The number of hydrogen-bond acceptors (Lipinski definition) is 4. The topological polar surface area (TPSA) is 35.6 Å². The van der Waals surface area contributed by atoms with Crippen LogP contribution in [0.2, 0.25) is 0 Å². The zero-order chi connectivity index (χ0) is 20.4. The van der Waals surface area contributed by atoms with Crippen LogP contribution in [0.4, 0.5) is 15.8 Å². The molecule has 29 heavy (non-hydrogen) atoms. The number of benzene rings is 2. The normalized spacial score (nSPS) is 19.8. The molecule has 6 heteroatoms. The molecule has 4 nitrogen and oxygen atoms in total. The van der Waals surface area contributed by atoms with Crippen molar-refractivity contribution in [3.05, 3.63) is 53.3 Å². The van der Waals surface area contributed by atoms with Crippen LogP contribution >= 0.6 is 11.8 Å². The Bertz CT molecular complexity index is 878. The Labute approximate surface area is 176 Å². The van der Waals surface area contributed by atoms with E-state index in [1.807, 2.05) is 12.1 Å². The van der Waals surface area contributed by atoms with Crippen LogP contribution in [0.25, 0.3) is 0 Å². The van der Waals surface area contributed by atoms with Gasteiger partial charge in [0.05, 0.1) is 10.9 Å². The van der Waals surface area contributed by atoms with Crippen molar-refractivity contribution < 1.29 is 9.18 Å². The van der Waals surface area contributed by atoms with Crippen LogP contribution in [0.5, 0.6) is 0 Å². The van der Waals surface area contributed by atoms with Crippen LogP contribution < -0.4 is 10.2 Å². The third kappa shape index (κ3) is 4.75. The summed E-state index contributed by atoms with van der Waals surface area (Å²) in [6, 6.07) is 11.0. The standard InChI is InChI=1S/C23H28FN3OS/c1-16-14-17(2)22-21(15-16)29-20(23(28)25-22)4-3-9-26-10-12-27(13-11-26)19-7-5-18(24)6-8-19/h5-8,14-15,20H,3-4,9-13H2,1-2H3,(H,25,28). The van der Waals surface area contributed by atoms with Gasteiger partial charge in [0.1, 0.15) is 5.82 Å². The fourth-order valence-corrected chi connectivity index (χ4v) is 5.50. The molecule has 2 aliphatic rings. The minimum Gasteiger partial charge on any atom is -0.369 e. The maximum absolute atomic E-state index is 13.1. The highest BCUT2D eigenvalue weighted by molar-refractivity contribution is 8.01. The minimum absolute atomic E-state index is 0.01000. The van der Waals surface area contributed by atoms with Crippen LogP contribution in [-0.4, -0.2) is 48.8 Å². The van der Waals surface area contributed by atoms with Gasteiger partial charge < -0.3 is 10.2 Å². The van der Waals surface area contributed by atoms with Gasteiger partial charge in [0.25, 0.3) is 0 Å². The second kappa shape index (κ2) is 8.76. The van der Waals surface area contributed by atoms with Crippen LogP contribution in [0.15, 0.2) is 41.3 Å². The first-order valence-electron chi connectivity index (χ1n) is 10.3. The number of amides is 1. The molecular formula is C23H28FN3OS. The molecule has 0 spiro atoms. The van der Waals surface area contributed by atoms with E-state index in [4.69, 9.17) is 0 Å². The van der Waals surface area contributed by atoms with Gasteiger partial charge in [-0.05, 0) is 74.7 Å². The van der Waals surface area contributed by atoms with Gasteiger partial charge in [-0.25, -0.2) is 4.39 Å². The number of rotatable bonds is 5. The van der Waals surface area contributed by atoms with E-state index in [0.29, 0.717) is 0 Å². The number of anilines is 2. The van der Waals surface area contributed by atoms with Gasteiger partial charge in [0, 0.05) is 36.8 Å². The SMILES string of the molecule is Cc1cc(C)c2c(c1)SC(CCCN1CCN(c3ccc(F)cc3)CC1)C(=O)N2. The molecule has 0 aromatic heterocycles. The number of halogens is 1. The molecule has 0 bridgehead atoms. The fourth-order valence-electron chi connectivity index (χ4n) is 4.16. The molecular weight excluding hydrogens is 385 g/mol. The number of carbonyl (C=O) groups excluding carboxylic acids is 1. The predicted molar refractivity (Wildman–Crippen MR) is 118 cm³/mol. The second-order valence-corrected chi connectivity index (χ2v) is 9.24. The Morgan fingerprint density at radius 2 is 1.83 bits per heavy atom. The number of carbonyl (C=O) groups is 1. The molecule has 2 heterocycles. The van der Waals surface area contributed by atoms with E-state index in [1.165, 1.54) is 22.6 Å². The van der Waals surface area contributed by atoms with Gasteiger partial charge >= 0.3 is 0 Å². The molecule has 1 saturated heterocycles. The van der Waals surface area contributed by atoms with Crippen molar-refractivity contribution in [2.45, 2.75) is 36.8 Å². The molecule has 4 rings (SSSR count). The first-order chi connectivity index (χ1) is 14.0. The Morgan fingerprint density at radius 1 is 1.10 bits per heavy atom. The highest BCUT2D eigenvalue weighted by Gasteiger charge is 2.28. The van der Waals surface area contributed by atoms with E-state index in [9.17, 15) is 9.18 Å². The molecule has 0 aliphatic carbocycles. The zero-order valence-electron chi connectivity index (χ0n) is 17.1. The van der Waals surface area contributed by atoms with E-state index in [1.54, 1.807) is 11.8 Å². The smallest absolute Gasteiger partial charge is 0.237 e. The maximum Gasteiger partial charge on any atom is 0.237 e. The summed E-state index contributed by atoms with van der Waals surface area (Å²) in [7, 11) is 0. The number of aryl methyl sites for hydroxylation is 2. The summed E-state index contributed by atoms with van der Waals surface area (Å²) in [5, 5.41) is 3.11. The number of hydrogen-bond donors (Lipinski definition) is 1.